The normalized spacial score (nSPS) is 12.1. The monoisotopic (exact) mass is 258 g/mol. The predicted octanol–water partition coefficient (Wildman–Crippen LogP) is 2.60. The molecule has 0 saturated carbocycles. The molecule has 0 aliphatic heterocycles. The number of carboxylic acids is 1. The second-order valence-corrected chi connectivity index (χ2v) is 3.94. The van der Waals surface area contributed by atoms with E-state index in [1.165, 1.54) is 6.92 Å². The van der Waals surface area contributed by atoms with E-state index in [0.717, 1.165) is 5.75 Å². The minimum absolute atomic E-state index is 0.362. The Bertz CT molecular complexity index is 350. The zero-order chi connectivity index (χ0) is 12.7. The summed E-state index contributed by atoms with van der Waals surface area (Å²) >= 11 is 5.73. The highest BCUT2D eigenvalue weighted by molar-refractivity contribution is 6.30. The lowest BCUT2D eigenvalue weighted by atomic mass is 10.3. The van der Waals surface area contributed by atoms with Gasteiger partial charge in [0.2, 0.25) is 0 Å². The summed E-state index contributed by atoms with van der Waals surface area (Å²) in [5, 5.41) is 9.24. The summed E-state index contributed by atoms with van der Waals surface area (Å²) in [7, 11) is 0. The Kier molecular flexibility index (Phi) is 5.80. The lowest BCUT2D eigenvalue weighted by molar-refractivity contribution is -0.149. The fourth-order valence-electron chi connectivity index (χ4n) is 1.11. The van der Waals surface area contributed by atoms with Crippen LogP contribution in [0.2, 0.25) is 5.02 Å². The van der Waals surface area contributed by atoms with E-state index in [1.807, 2.05) is 0 Å². The van der Waals surface area contributed by atoms with E-state index in [0.29, 0.717) is 24.7 Å². The zero-order valence-corrected chi connectivity index (χ0v) is 10.3. The van der Waals surface area contributed by atoms with Gasteiger partial charge in [0.15, 0.2) is 6.10 Å². The van der Waals surface area contributed by atoms with Gasteiger partial charge in [-0.3, -0.25) is 0 Å². The minimum Gasteiger partial charge on any atom is -0.494 e. The maximum absolute atomic E-state index is 10.4. The Balaban J connectivity index is 2.12. The van der Waals surface area contributed by atoms with Crippen molar-refractivity contribution in [2.75, 3.05) is 13.2 Å². The summed E-state index contributed by atoms with van der Waals surface area (Å²) in [5.41, 5.74) is 0. The van der Waals surface area contributed by atoms with Crippen molar-refractivity contribution < 1.29 is 19.4 Å². The largest absolute Gasteiger partial charge is 0.494 e. The molecule has 5 heteroatoms. The number of rotatable bonds is 7. The lowest BCUT2D eigenvalue weighted by Crippen LogP contribution is -2.20. The first-order valence-corrected chi connectivity index (χ1v) is 5.70. The van der Waals surface area contributed by atoms with E-state index in [-0.39, 0.29) is 0 Å². The maximum Gasteiger partial charge on any atom is 0.332 e. The molecule has 1 aromatic rings. The summed E-state index contributed by atoms with van der Waals surface area (Å²) < 4.78 is 10.5. The molecule has 1 atom stereocenters. The van der Waals surface area contributed by atoms with E-state index in [9.17, 15) is 4.79 Å². The van der Waals surface area contributed by atoms with Crippen molar-refractivity contribution in [1.82, 2.24) is 0 Å². The quantitative estimate of drug-likeness (QED) is 0.764. The van der Waals surface area contributed by atoms with Crippen LogP contribution in [-0.2, 0) is 9.53 Å². The van der Waals surface area contributed by atoms with Crippen molar-refractivity contribution in [3.8, 4) is 5.75 Å². The third-order valence-corrected chi connectivity index (χ3v) is 2.34. The van der Waals surface area contributed by atoms with Gasteiger partial charge in [0, 0.05) is 11.4 Å². The number of hydrogen-bond acceptors (Lipinski definition) is 3. The molecule has 0 radical (unpaired) electrons. The van der Waals surface area contributed by atoms with Gasteiger partial charge in [-0.25, -0.2) is 4.79 Å². The van der Waals surface area contributed by atoms with Crippen LogP contribution in [0.5, 0.6) is 5.75 Å². The molecule has 0 aliphatic rings. The molecule has 1 rings (SSSR count). The Morgan fingerprint density at radius 3 is 2.59 bits per heavy atom. The predicted molar refractivity (Wildman–Crippen MR) is 64.6 cm³/mol. The summed E-state index contributed by atoms with van der Waals surface area (Å²) in [4.78, 5) is 10.4. The van der Waals surface area contributed by atoms with Gasteiger partial charge in [-0.1, -0.05) is 11.6 Å². The molecule has 17 heavy (non-hydrogen) atoms. The van der Waals surface area contributed by atoms with Crippen molar-refractivity contribution in [1.29, 1.82) is 0 Å². The van der Waals surface area contributed by atoms with Crippen molar-refractivity contribution >= 4 is 17.6 Å². The average Bonchev–Trinajstić information content (AvgIpc) is 2.30. The summed E-state index contributed by atoms with van der Waals surface area (Å²) in [5.74, 6) is -0.218. The van der Waals surface area contributed by atoms with Gasteiger partial charge < -0.3 is 14.6 Å². The maximum atomic E-state index is 10.4. The molecule has 1 N–H and O–H groups in total. The standard InChI is InChI=1S/C12H15ClO4/c1-9(12(14)15)16-7-2-8-17-11-5-3-10(13)4-6-11/h3-6,9H,2,7-8H2,1H3,(H,14,15)/t9-/m1/s1. The Labute approximate surface area is 105 Å². The van der Waals surface area contributed by atoms with E-state index in [1.54, 1.807) is 24.3 Å². The molecule has 0 aromatic heterocycles. The van der Waals surface area contributed by atoms with Crippen LogP contribution in [0.15, 0.2) is 24.3 Å². The van der Waals surface area contributed by atoms with Crippen molar-refractivity contribution in [2.45, 2.75) is 19.4 Å². The summed E-state index contributed by atoms with van der Waals surface area (Å²) in [6, 6.07) is 7.06. The molecule has 1 aromatic carbocycles. The SMILES string of the molecule is C[C@@H](OCCCOc1ccc(Cl)cc1)C(=O)O. The van der Waals surface area contributed by atoms with Gasteiger partial charge in [-0.15, -0.1) is 0 Å². The second kappa shape index (κ2) is 7.14. The lowest BCUT2D eigenvalue weighted by Gasteiger charge is -2.09. The first-order chi connectivity index (χ1) is 8.09. The molecular formula is C12H15ClO4. The van der Waals surface area contributed by atoms with Gasteiger partial charge in [0.05, 0.1) is 13.2 Å². The number of benzene rings is 1. The molecular weight excluding hydrogens is 244 g/mol. The van der Waals surface area contributed by atoms with Gasteiger partial charge in [0.1, 0.15) is 5.75 Å². The molecule has 0 spiro atoms. The topological polar surface area (TPSA) is 55.8 Å². The first-order valence-electron chi connectivity index (χ1n) is 5.32. The van der Waals surface area contributed by atoms with Crippen molar-refractivity contribution in [3.63, 3.8) is 0 Å². The molecule has 0 heterocycles. The van der Waals surface area contributed by atoms with Crippen LogP contribution in [0.4, 0.5) is 0 Å². The molecule has 0 amide bonds. The molecule has 0 unspecified atom stereocenters. The van der Waals surface area contributed by atoms with Gasteiger partial charge >= 0.3 is 5.97 Å². The fraction of sp³-hybridized carbons (Fsp3) is 0.417. The molecule has 0 fully saturated rings. The van der Waals surface area contributed by atoms with Crippen LogP contribution < -0.4 is 4.74 Å². The highest BCUT2D eigenvalue weighted by atomic mass is 35.5. The average molecular weight is 259 g/mol. The van der Waals surface area contributed by atoms with Gasteiger partial charge in [-0.05, 0) is 31.2 Å². The minimum atomic E-state index is -0.955. The molecule has 0 saturated heterocycles. The van der Waals surface area contributed by atoms with E-state index >= 15 is 0 Å². The van der Waals surface area contributed by atoms with Crippen molar-refractivity contribution in [3.05, 3.63) is 29.3 Å². The third kappa shape index (κ3) is 5.56. The third-order valence-electron chi connectivity index (χ3n) is 2.09. The van der Waals surface area contributed by atoms with E-state index in [4.69, 9.17) is 26.2 Å². The smallest absolute Gasteiger partial charge is 0.332 e. The van der Waals surface area contributed by atoms with Crippen molar-refractivity contribution in [2.24, 2.45) is 0 Å². The van der Waals surface area contributed by atoms with E-state index < -0.39 is 12.1 Å². The van der Waals surface area contributed by atoms with Crippen LogP contribution in [0.25, 0.3) is 0 Å². The van der Waals surface area contributed by atoms with Crippen LogP contribution in [0.1, 0.15) is 13.3 Å². The molecule has 94 valence electrons. The molecule has 0 bridgehead atoms. The highest BCUT2D eigenvalue weighted by Crippen LogP contribution is 2.15. The van der Waals surface area contributed by atoms with Crippen LogP contribution in [0.3, 0.4) is 0 Å². The second-order valence-electron chi connectivity index (χ2n) is 3.51. The molecule has 0 aliphatic carbocycles. The number of carbonyl (C=O) groups is 1. The van der Waals surface area contributed by atoms with Gasteiger partial charge in [-0.2, -0.15) is 0 Å². The summed E-state index contributed by atoms with van der Waals surface area (Å²) in [6.45, 7) is 2.34. The van der Waals surface area contributed by atoms with Gasteiger partial charge in [0.25, 0.3) is 0 Å². The highest BCUT2D eigenvalue weighted by Gasteiger charge is 2.09. The number of halogens is 1. The van der Waals surface area contributed by atoms with Crippen LogP contribution in [-0.4, -0.2) is 30.4 Å². The van der Waals surface area contributed by atoms with E-state index in [2.05, 4.69) is 0 Å². The summed E-state index contributed by atoms with van der Waals surface area (Å²) in [6.07, 6.45) is -0.134. The Hall–Kier alpha value is -1.26. The Morgan fingerprint density at radius 1 is 1.35 bits per heavy atom. The number of aliphatic carboxylic acids is 1. The number of carboxylic acid groups (broad SMARTS) is 1. The molecule has 4 nitrogen and oxygen atoms in total. The van der Waals surface area contributed by atoms with Crippen LogP contribution in [0, 0.1) is 0 Å². The van der Waals surface area contributed by atoms with Crippen LogP contribution >= 0.6 is 11.6 Å². The fourth-order valence-corrected chi connectivity index (χ4v) is 1.24. The number of ether oxygens (including phenoxy) is 2. The first kappa shape index (κ1) is 13.8. The zero-order valence-electron chi connectivity index (χ0n) is 9.56. The Morgan fingerprint density at radius 2 is 2.00 bits per heavy atom. The number of hydrogen-bond donors (Lipinski definition) is 1.